The maximum Gasteiger partial charge on any atom is 0.416 e. The zero-order chi connectivity index (χ0) is 15.3. The number of nitrogens with two attached hydrogens (primary N) is 1. The van der Waals surface area contributed by atoms with Gasteiger partial charge in [-0.2, -0.15) is 13.2 Å². The van der Waals surface area contributed by atoms with Gasteiger partial charge in [-0.15, -0.1) is 0 Å². The number of hydrogen-bond donors (Lipinski definition) is 2. The molecule has 0 aliphatic heterocycles. The lowest BCUT2D eigenvalue weighted by atomic mass is 10.1. The van der Waals surface area contributed by atoms with Crippen LogP contribution in [0.1, 0.15) is 12.0 Å². The molecule has 0 radical (unpaired) electrons. The monoisotopic (exact) mass is 354 g/mol. The lowest BCUT2D eigenvalue weighted by Crippen LogP contribution is -2.36. The van der Waals surface area contributed by atoms with Crippen LogP contribution in [0.25, 0.3) is 0 Å². The molecular formula is C12H14BrF3N2O2. The number of anilines is 1. The predicted octanol–water partition coefficient (Wildman–Crippen LogP) is 2.77. The number of carbonyl (C=O) groups is 1. The summed E-state index contributed by atoms with van der Waals surface area (Å²) in [6, 6.07) is 2.14. The highest BCUT2D eigenvalue weighted by Gasteiger charge is 2.31. The van der Waals surface area contributed by atoms with Crippen LogP contribution in [0, 0.1) is 0 Å². The number of halogens is 4. The van der Waals surface area contributed by atoms with Gasteiger partial charge in [0.25, 0.3) is 0 Å². The van der Waals surface area contributed by atoms with Crippen molar-refractivity contribution in [3.05, 3.63) is 28.2 Å². The number of hydrogen-bond acceptors (Lipinski definition) is 3. The summed E-state index contributed by atoms with van der Waals surface area (Å²) in [6.45, 7) is 0.290. The van der Waals surface area contributed by atoms with E-state index in [1.165, 1.54) is 13.2 Å². The number of methoxy groups -OCH3 is 1. The van der Waals surface area contributed by atoms with Crippen LogP contribution in [0.3, 0.4) is 0 Å². The molecule has 1 unspecified atom stereocenters. The fourth-order valence-corrected chi connectivity index (χ4v) is 1.74. The maximum absolute atomic E-state index is 12.6. The van der Waals surface area contributed by atoms with Crippen molar-refractivity contribution in [3.8, 4) is 0 Å². The smallest absolute Gasteiger partial charge is 0.385 e. The zero-order valence-corrected chi connectivity index (χ0v) is 12.2. The molecular weight excluding hydrogens is 341 g/mol. The van der Waals surface area contributed by atoms with Crippen LogP contribution < -0.4 is 11.1 Å². The van der Waals surface area contributed by atoms with Gasteiger partial charge in [0.15, 0.2) is 0 Å². The Labute approximate surface area is 122 Å². The molecule has 1 aromatic rings. The fraction of sp³-hybridized carbons (Fsp3) is 0.417. The Bertz CT molecular complexity index is 480. The number of rotatable bonds is 5. The average Bonchev–Trinajstić information content (AvgIpc) is 2.37. The summed E-state index contributed by atoms with van der Waals surface area (Å²) in [7, 11) is 1.47. The van der Waals surface area contributed by atoms with Crippen molar-refractivity contribution < 1.29 is 22.7 Å². The maximum atomic E-state index is 12.6. The van der Waals surface area contributed by atoms with Crippen molar-refractivity contribution in [2.45, 2.75) is 18.6 Å². The molecule has 0 bridgehead atoms. The topological polar surface area (TPSA) is 64.3 Å². The molecule has 1 atom stereocenters. The summed E-state index contributed by atoms with van der Waals surface area (Å²) in [6.07, 6.45) is -4.20. The molecule has 3 N–H and O–H groups in total. The van der Waals surface area contributed by atoms with E-state index in [2.05, 4.69) is 21.2 Å². The summed E-state index contributed by atoms with van der Waals surface area (Å²) in [5.74, 6) is -0.568. The van der Waals surface area contributed by atoms with E-state index in [4.69, 9.17) is 10.5 Å². The minimum absolute atomic E-state index is 0.0256. The Morgan fingerprint density at radius 2 is 2.15 bits per heavy atom. The van der Waals surface area contributed by atoms with Crippen molar-refractivity contribution >= 4 is 27.5 Å². The Balaban J connectivity index is 2.84. The first-order valence-electron chi connectivity index (χ1n) is 5.68. The highest BCUT2D eigenvalue weighted by atomic mass is 79.9. The summed E-state index contributed by atoms with van der Waals surface area (Å²) < 4.78 is 42.9. The van der Waals surface area contributed by atoms with Crippen LogP contribution in [0.2, 0.25) is 0 Å². The van der Waals surface area contributed by atoms with Crippen LogP contribution in [0.4, 0.5) is 18.9 Å². The van der Waals surface area contributed by atoms with Crippen LogP contribution >= 0.6 is 15.9 Å². The van der Waals surface area contributed by atoms with Gasteiger partial charge in [-0.25, -0.2) is 0 Å². The highest BCUT2D eigenvalue weighted by molar-refractivity contribution is 9.10. The van der Waals surface area contributed by atoms with E-state index in [1.54, 1.807) is 0 Å². The second-order valence-corrected chi connectivity index (χ2v) is 4.92. The minimum atomic E-state index is -4.47. The Morgan fingerprint density at radius 3 is 2.70 bits per heavy atom. The van der Waals surface area contributed by atoms with Crippen LogP contribution in [0.5, 0.6) is 0 Å². The van der Waals surface area contributed by atoms with Crippen LogP contribution in [-0.2, 0) is 15.7 Å². The SMILES string of the molecule is COCCC(N)C(=O)Nc1cc(C(F)(F)F)ccc1Br. The van der Waals surface area contributed by atoms with E-state index in [1.807, 2.05) is 0 Å². The molecule has 1 amide bonds. The fourth-order valence-electron chi connectivity index (χ4n) is 1.40. The quantitative estimate of drug-likeness (QED) is 0.854. The lowest BCUT2D eigenvalue weighted by Gasteiger charge is -2.14. The van der Waals surface area contributed by atoms with Crippen LogP contribution in [0.15, 0.2) is 22.7 Å². The Morgan fingerprint density at radius 1 is 1.50 bits per heavy atom. The van der Waals surface area contributed by atoms with E-state index in [0.717, 1.165) is 12.1 Å². The number of amides is 1. The average molecular weight is 355 g/mol. The first-order valence-corrected chi connectivity index (χ1v) is 6.47. The van der Waals surface area contributed by atoms with Gasteiger partial charge in [0.2, 0.25) is 5.91 Å². The number of carbonyl (C=O) groups excluding carboxylic acids is 1. The molecule has 0 spiro atoms. The van der Waals surface area contributed by atoms with Gasteiger partial charge < -0.3 is 15.8 Å². The molecule has 1 aromatic carbocycles. The number of alkyl halides is 3. The molecule has 0 fully saturated rings. The largest absolute Gasteiger partial charge is 0.416 e. The van der Waals surface area contributed by atoms with Gasteiger partial charge in [0.05, 0.1) is 17.3 Å². The summed E-state index contributed by atoms with van der Waals surface area (Å²) in [4.78, 5) is 11.7. The molecule has 0 aliphatic carbocycles. The summed E-state index contributed by atoms with van der Waals surface area (Å²) in [5, 5.41) is 2.36. The first-order chi connectivity index (χ1) is 9.25. The van der Waals surface area contributed by atoms with E-state index >= 15 is 0 Å². The number of nitrogens with one attached hydrogen (secondary N) is 1. The van der Waals surface area contributed by atoms with E-state index in [9.17, 15) is 18.0 Å². The van der Waals surface area contributed by atoms with Crippen molar-refractivity contribution in [3.63, 3.8) is 0 Å². The Hall–Kier alpha value is -1.12. The second-order valence-electron chi connectivity index (χ2n) is 4.07. The van der Waals surface area contributed by atoms with Crippen molar-refractivity contribution in [1.29, 1.82) is 0 Å². The van der Waals surface area contributed by atoms with Gasteiger partial charge in [-0.1, -0.05) is 0 Å². The van der Waals surface area contributed by atoms with E-state index < -0.39 is 23.7 Å². The Kier molecular flexibility index (Phi) is 5.97. The molecule has 0 aliphatic rings. The highest BCUT2D eigenvalue weighted by Crippen LogP contribution is 2.33. The van der Waals surface area contributed by atoms with Gasteiger partial charge in [-0.05, 0) is 40.5 Å². The van der Waals surface area contributed by atoms with E-state index in [-0.39, 0.29) is 12.1 Å². The number of benzene rings is 1. The second kappa shape index (κ2) is 7.05. The van der Waals surface area contributed by atoms with Crippen molar-refractivity contribution in [1.82, 2.24) is 0 Å². The molecule has 8 heteroatoms. The normalized spacial score (nSPS) is 13.1. The minimum Gasteiger partial charge on any atom is -0.385 e. The summed E-state index contributed by atoms with van der Waals surface area (Å²) in [5.41, 5.74) is 4.78. The first kappa shape index (κ1) is 16.9. The number of ether oxygens (including phenoxy) is 1. The summed E-state index contributed by atoms with van der Waals surface area (Å²) >= 11 is 3.08. The van der Waals surface area contributed by atoms with Crippen LogP contribution in [-0.4, -0.2) is 25.7 Å². The lowest BCUT2D eigenvalue weighted by molar-refractivity contribution is -0.137. The standard InChI is InChI=1S/C12H14BrF3N2O2/c1-20-5-4-9(17)11(19)18-10-6-7(12(14,15)16)2-3-8(10)13/h2-3,6,9H,4-5,17H2,1H3,(H,18,19). The molecule has 1 rings (SSSR count). The van der Waals surface area contributed by atoms with Gasteiger partial charge >= 0.3 is 6.18 Å². The van der Waals surface area contributed by atoms with Gasteiger partial charge in [0, 0.05) is 18.2 Å². The molecule has 0 aromatic heterocycles. The molecule has 0 saturated carbocycles. The van der Waals surface area contributed by atoms with E-state index in [0.29, 0.717) is 11.1 Å². The van der Waals surface area contributed by atoms with Gasteiger partial charge in [0.1, 0.15) is 0 Å². The molecule has 0 heterocycles. The molecule has 112 valence electrons. The molecule has 4 nitrogen and oxygen atoms in total. The third-order valence-corrected chi connectivity index (χ3v) is 3.21. The van der Waals surface area contributed by atoms with Crippen molar-refractivity contribution in [2.75, 3.05) is 19.0 Å². The molecule has 20 heavy (non-hydrogen) atoms. The molecule has 0 saturated heterocycles. The third-order valence-electron chi connectivity index (χ3n) is 2.52. The third kappa shape index (κ3) is 4.77. The van der Waals surface area contributed by atoms with Crippen molar-refractivity contribution in [2.24, 2.45) is 5.73 Å². The van der Waals surface area contributed by atoms with Gasteiger partial charge in [-0.3, -0.25) is 4.79 Å². The zero-order valence-electron chi connectivity index (χ0n) is 10.6. The predicted molar refractivity (Wildman–Crippen MR) is 72.2 cm³/mol.